The molecule has 2 nitrogen and oxygen atoms in total. The zero-order chi connectivity index (χ0) is 15.4. The van der Waals surface area contributed by atoms with E-state index in [9.17, 15) is 13.2 Å². The first-order valence-corrected chi connectivity index (χ1v) is 6.63. The molecule has 20 heavy (non-hydrogen) atoms. The highest BCUT2D eigenvalue weighted by Gasteiger charge is 2.31. The predicted molar refractivity (Wildman–Crippen MR) is 73.7 cm³/mol. The molecule has 114 valence electrons. The second kappa shape index (κ2) is 6.48. The lowest BCUT2D eigenvalue weighted by atomic mass is 9.80. The van der Waals surface area contributed by atoms with Crippen molar-refractivity contribution in [2.75, 3.05) is 7.05 Å². The first-order chi connectivity index (χ1) is 9.11. The van der Waals surface area contributed by atoms with Crippen LogP contribution in [0.15, 0.2) is 24.3 Å². The molecular formula is C15H22F3NO. The summed E-state index contributed by atoms with van der Waals surface area (Å²) in [5.41, 5.74) is 1.09. The van der Waals surface area contributed by atoms with Gasteiger partial charge in [0.2, 0.25) is 0 Å². The quantitative estimate of drug-likeness (QED) is 0.849. The van der Waals surface area contributed by atoms with Gasteiger partial charge in [-0.2, -0.15) is 0 Å². The van der Waals surface area contributed by atoms with Crippen molar-refractivity contribution in [2.24, 2.45) is 5.41 Å². The molecular weight excluding hydrogens is 267 g/mol. The lowest BCUT2D eigenvalue weighted by Gasteiger charge is -2.28. The summed E-state index contributed by atoms with van der Waals surface area (Å²) < 4.78 is 40.1. The van der Waals surface area contributed by atoms with Gasteiger partial charge in [-0.1, -0.05) is 26.0 Å². The van der Waals surface area contributed by atoms with Gasteiger partial charge >= 0.3 is 6.36 Å². The lowest BCUT2D eigenvalue weighted by molar-refractivity contribution is -0.274. The minimum absolute atomic E-state index is 0.0782. The average Bonchev–Trinajstić information content (AvgIpc) is 2.28. The second-order valence-corrected chi connectivity index (χ2v) is 5.93. The molecule has 0 heterocycles. The first-order valence-electron chi connectivity index (χ1n) is 6.63. The highest BCUT2D eigenvalue weighted by molar-refractivity contribution is 5.28. The maximum absolute atomic E-state index is 12.1. The summed E-state index contributed by atoms with van der Waals surface area (Å²) >= 11 is 0. The van der Waals surface area contributed by atoms with Gasteiger partial charge in [0.1, 0.15) is 5.75 Å². The van der Waals surface area contributed by atoms with Gasteiger partial charge in [0.25, 0.3) is 0 Å². The van der Waals surface area contributed by atoms with Crippen LogP contribution < -0.4 is 10.1 Å². The van der Waals surface area contributed by atoms with Crippen LogP contribution in [0.3, 0.4) is 0 Å². The number of benzene rings is 1. The molecule has 0 aliphatic carbocycles. The third-order valence-electron chi connectivity index (χ3n) is 3.19. The van der Waals surface area contributed by atoms with E-state index in [0.29, 0.717) is 6.04 Å². The van der Waals surface area contributed by atoms with Gasteiger partial charge in [-0.3, -0.25) is 0 Å². The Hall–Kier alpha value is -1.23. The van der Waals surface area contributed by atoms with Crippen molar-refractivity contribution in [3.8, 4) is 5.75 Å². The van der Waals surface area contributed by atoms with Crippen LogP contribution >= 0.6 is 0 Å². The van der Waals surface area contributed by atoms with E-state index in [4.69, 9.17) is 0 Å². The molecule has 1 atom stereocenters. The van der Waals surface area contributed by atoms with Crippen LogP contribution in [-0.4, -0.2) is 19.5 Å². The molecule has 1 rings (SSSR count). The Morgan fingerprint density at radius 1 is 1.15 bits per heavy atom. The second-order valence-electron chi connectivity index (χ2n) is 5.93. The van der Waals surface area contributed by atoms with E-state index in [1.165, 1.54) is 12.1 Å². The van der Waals surface area contributed by atoms with Crippen molar-refractivity contribution >= 4 is 0 Å². The van der Waals surface area contributed by atoms with Gasteiger partial charge in [0.15, 0.2) is 0 Å². The minimum Gasteiger partial charge on any atom is -0.406 e. The highest BCUT2D eigenvalue weighted by Crippen LogP contribution is 2.29. The summed E-state index contributed by atoms with van der Waals surface area (Å²) in [6.45, 7) is 6.42. The fourth-order valence-corrected chi connectivity index (χ4v) is 2.36. The fraction of sp³-hybridized carbons (Fsp3) is 0.600. The van der Waals surface area contributed by atoms with Crippen molar-refractivity contribution < 1.29 is 17.9 Å². The lowest BCUT2D eigenvalue weighted by Crippen LogP contribution is -2.29. The number of hydrogen-bond acceptors (Lipinski definition) is 2. The molecule has 5 heteroatoms. The fourth-order valence-electron chi connectivity index (χ4n) is 2.36. The van der Waals surface area contributed by atoms with Crippen LogP contribution in [0.25, 0.3) is 0 Å². The zero-order valence-corrected chi connectivity index (χ0v) is 12.3. The third-order valence-corrected chi connectivity index (χ3v) is 3.19. The van der Waals surface area contributed by atoms with Crippen LogP contribution in [0, 0.1) is 5.41 Å². The molecule has 0 radical (unpaired) electrons. The van der Waals surface area contributed by atoms with E-state index in [-0.39, 0.29) is 11.2 Å². The molecule has 0 fully saturated rings. The summed E-state index contributed by atoms with van der Waals surface area (Å²) in [5, 5.41) is 3.20. The van der Waals surface area contributed by atoms with Gasteiger partial charge in [-0.05, 0) is 49.9 Å². The molecule has 1 aromatic carbocycles. The smallest absolute Gasteiger partial charge is 0.406 e. The van der Waals surface area contributed by atoms with E-state index in [0.717, 1.165) is 18.4 Å². The molecule has 0 bridgehead atoms. The summed E-state index contributed by atoms with van der Waals surface area (Å²) in [7, 11) is 1.92. The Labute approximate surface area is 118 Å². The van der Waals surface area contributed by atoms with Crippen LogP contribution in [0.1, 0.15) is 32.8 Å². The van der Waals surface area contributed by atoms with E-state index in [2.05, 4.69) is 30.8 Å². The van der Waals surface area contributed by atoms with Crippen molar-refractivity contribution in [1.29, 1.82) is 0 Å². The molecule has 0 saturated carbocycles. The zero-order valence-electron chi connectivity index (χ0n) is 12.3. The molecule has 0 saturated heterocycles. The van der Waals surface area contributed by atoms with Gasteiger partial charge in [0.05, 0.1) is 0 Å². The minimum atomic E-state index is -4.64. The molecule has 0 spiro atoms. The first kappa shape index (κ1) is 16.8. The number of nitrogens with one attached hydrogen (secondary N) is 1. The van der Waals surface area contributed by atoms with Crippen molar-refractivity contribution in [3.05, 3.63) is 29.8 Å². The Bertz CT molecular complexity index is 412. The molecule has 1 aromatic rings. The summed E-state index contributed by atoms with van der Waals surface area (Å²) in [6, 6.07) is 6.50. The molecule has 0 aromatic heterocycles. The Balaban J connectivity index is 2.65. The van der Waals surface area contributed by atoms with E-state index in [1.54, 1.807) is 12.1 Å². The standard InChI is InChI=1S/C15H22F3NO/c1-11(19-4)9-14(2,3)10-12-5-7-13(8-6-12)20-15(16,17)18/h5-8,11,19H,9-10H2,1-4H3. The average molecular weight is 289 g/mol. The van der Waals surface area contributed by atoms with Crippen molar-refractivity contribution in [1.82, 2.24) is 5.32 Å². The number of halogens is 3. The number of ether oxygens (including phenoxy) is 1. The number of rotatable bonds is 6. The van der Waals surface area contributed by atoms with Gasteiger partial charge in [-0.25, -0.2) is 0 Å². The van der Waals surface area contributed by atoms with Gasteiger partial charge in [-0.15, -0.1) is 13.2 Å². The Morgan fingerprint density at radius 2 is 1.70 bits per heavy atom. The molecule has 0 aliphatic heterocycles. The van der Waals surface area contributed by atoms with Crippen LogP contribution in [0.2, 0.25) is 0 Å². The third kappa shape index (κ3) is 6.28. The SMILES string of the molecule is CNC(C)CC(C)(C)Cc1ccc(OC(F)(F)F)cc1. The molecule has 0 amide bonds. The summed E-state index contributed by atoms with van der Waals surface area (Å²) in [5.74, 6) is -0.178. The van der Waals surface area contributed by atoms with E-state index in [1.807, 2.05) is 7.05 Å². The Kier molecular flexibility index (Phi) is 5.45. The predicted octanol–water partition coefficient (Wildman–Crippen LogP) is 4.15. The highest BCUT2D eigenvalue weighted by atomic mass is 19.4. The molecule has 0 aliphatic rings. The number of alkyl halides is 3. The van der Waals surface area contributed by atoms with Crippen molar-refractivity contribution in [3.63, 3.8) is 0 Å². The summed E-state index contributed by atoms with van der Waals surface area (Å²) in [4.78, 5) is 0. The van der Waals surface area contributed by atoms with Crippen molar-refractivity contribution in [2.45, 2.75) is 46.0 Å². The van der Waals surface area contributed by atoms with Crippen LogP contribution in [0.4, 0.5) is 13.2 Å². The van der Waals surface area contributed by atoms with E-state index < -0.39 is 6.36 Å². The monoisotopic (exact) mass is 289 g/mol. The van der Waals surface area contributed by atoms with Crippen LogP contribution in [0.5, 0.6) is 5.75 Å². The molecule has 1 unspecified atom stereocenters. The Morgan fingerprint density at radius 3 is 2.15 bits per heavy atom. The number of hydrogen-bond donors (Lipinski definition) is 1. The topological polar surface area (TPSA) is 21.3 Å². The van der Waals surface area contributed by atoms with E-state index >= 15 is 0 Å². The maximum atomic E-state index is 12.1. The maximum Gasteiger partial charge on any atom is 0.573 e. The summed E-state index contributed by atoms with van der Waals surface area (Å²) in [6.07, 6.45) is -2.83. The van der Waals surface area contributed by atoms with Crippen LogP contribution in [-0.2, 0) is 6.42 Å². The largest absolute Gasteiger partial charge is 0.573 e. The normalized spacial score (nSPS) is 14.2. The molecule has 1 N–H and O–H groups in total. The van der Waals surface area contributed by atoms with Gasteiger partial charge < -0.3 is 10.1 Å². The van der Waals surface area contributed by atoms with Gasteiger partial charge in [0, 0.05) is 6.04 Å².